The Hall–Kier alpha value is -1.71. The molecule has 1 fully saturated rings. The minimum absolute atomic E-state index is 0.370. The van der Waals surface area contributed by atoms with Crippen molar-refractivity contribution in [3.63, 3.8) is 0 Å². The summed E-state index contributed by atoms with van der Waals surface area (Å²) in [6.07, 6.45) is 2.36. The topological polar surface area (TPSA) is 55.6 Å². The first-order chi connectivity index (χ1) is 9.43. The SMILES string of the molecule is COC(=O)c1cc(N2CCC(C)CC2C)cc(C)c1N. The molecule has 1 aromatic carbocycles. The summed E-state index contributed by atoms with van der Waals surface area (Å²) < 4.78 is 4.82. The van der Waals surface area contributed by atoms with Crippen LogP contribution in [0.25, 0.3) is 0 Å². The Balaban J connectivity index is 2.37. The van der Waals surface area contributed by atoms with E-state index in [1.54, 1.807) is 0 Å². The number of carbonyl (C=O) groups is 1. The van der Waals surface area contributed by atoms with E-state index in [0.717, 1.165) is 23.7 Å². The molecule has 4 heteroatoms. The van der Waals surface area contributed by atoms with E-state index >= 15 is 0 Å². The number of benzene rings is 1. The quantitative estimate of drug-likeness (QED) is 0.666. The van der Waals surface area contributed by atoms with Gasteiger partial charge in [0.2, 0.25) is 0 Å². The van der Waals surface area contributed by atoms with Gasteiger partial charge in [-0.3, -0.25) is 0 Å². The van der Waals surface area contributed by atoms with E-state index < -0.39 is 0 Å². The molecule has 1 aliphatic heterocycles. The van der Waals surface area contributed by atoms with E-state index in [1.807, 2.05) is 13.0 Å². The minimum atomic E-state index is -0.370. The fourth-order valence-electron chi connectivity index (χ4n) is 3.01. The van der Waals surface area contributed by atoms with Crippen LogP contribution in [0.3, 0.4) is 0 Å². The second kappa shape index (κ2) is 5.73. The van der Waals surface area contributed by atoms with Crippen molar-refractivity contribution >= 4 is 17.3 Å². The highest BCUT2D eigenvalue weighted by molar-refractivity contribution is 5.97. The van der Waals surface area contributed by atoms with Crippen LogP contribution in [-0.4, -0.2) is 25.7 Å². The van der Waals surface area contributed by atoms with Gasteiger partial charge < -0.3 is 15.4 Å². The van der Waals surface area contributed by atoms with Crippen LogP contribution in [0, 0.1) is 12.8 Å². The van der Waals surface area contributed by atoms with Crippen molar-refractivity contribution in [1.29, 1.82) is 0 Å². The number of methoxy groups -OCH3 is 1. The van der Waals surface area contributed by atoms with Crippen molar-refractivity contribution in [2.75, 3.05) is 24.3 Å². The maximum Gasteiger partial charge on any atom is 0.340 e. The van der Waals surface area contributed by atoms with Crippen molar-refractivity contribution < 1.29 is 9.53 Å². The van der Waals surface area contributed by atoms with Crippen molar-refractivity contribution in [2.45, 2.75) is 39.7 Å². The zero-order valence-corrected chi connectivity index (χ0v) is 12.8. The molecule has 0 amide bonds. The van der Waals surface area contributed by atoms with Gasteiger partial charge >= 0.3 is 5.97 Å². The molecule has 0 radical (unpaired) electrons. The van der Waals surface area contributed by atoms with Crippen LogP contribution in [0.4, 0.5) is 11.4 Å². The number of anilines is 2. The number of rotatable bonds is 2. The van der Waals surface area contributed by atoms with Crippen LogP contribution >= 0.6 is 0 Å². The second-order valence-electron chi connectivity index (χ2n) is 5.89. The predicted molar refractivity (Wildman–Crippen MR) is 82.1 cm³/mol. The molecule has 110 valence electrons. The first-order valence-corrected chi connectivity index (χ1v) is 7.19. The largest absolute Gasteiger partial charge is 0.465 e. The lowest BCUT2D eigenvalue weighted by atomic mass is 9.92. The molecule has 1 aliphatic rings. The van der Waals surface area contributed by atoms with Crippen molar-refractivity contribution in [3.8, 4) is 0 Å². The number of hydrogen-bond donors (Lipinski definition) is 1. The Morgan fingerprint density at radius 3 is 2.70 bits per heavy atom. The highest BCUT2D eigenvalue weighted by atomic mass is 16.5. The molecular formula is C16H24N2O2. The van der Waals surface area contributed by atoms with Gasteiger partial charge in [-0.2, -0.15) is 0 Å². The summed E-state index contributed by atoms with van der Waals surface area (Å²) in [6, 6.07) is 4.40. The molecule has 1 heterocycles. The summed E-state index contributed by atoms with van der Waals surface area (Å²) in [6.45, 7) is 7.48. The lowest BCUT2D eigenvalue weighted by molar-refractivity contribution is 0.0602. The molecule has 1 aromatic rings. The number of nitrogens with zero attached hydrogens (tertiary/aromatic N) is 1. The normalized spacial score (nSPS) is 22.7. The highest BCUT2D eigenvalue weighted by Crippen LogP contribution is 2.31. The summed E-state index contributed by atoms with van der Waals surface area (Å²) in [5, 5.41) is 0. The zero-order valence-electron chi connectivity index (χ0n) is 12.8. The summed E-state index contributed by atoms with van der Waals surface area (Å²) in [5.74, 6) is 0.390. The number of carbonyl (C=O) groups excluding carboxylic acids is 1. The van der Waals surface area contributed by atoms with Gasteiger partial charge in [0, 0.05) is 24.0 Å². The summed E-state index contributed by atoms with van der Waals surface area (Å²) >= 11 is 0. The van der Waals surface area contributed by atoms with Crippen molar-refractivity contribution in [3.05, 3.63) is 23.3 Å². The molecule has 2 rings (SSSR count). The molecule has 2 unspecified atom stereocenters. The molecule has 2 atom stereocenters. The molecule has 0 saturated carbocycles. The first kappa shape index (κ1) is 14.7. The maximum absolute atomic E-state index is 11.8. The Kier molecular flexibility index (Phi) is 4.21. The van der Waals surface area contributed by atoms with Gasteiger partial charge in [0.25, 0.3) is 0 Å². The van der Waals surface area contributed by atoms with Crippen LogP contribution < -0.4 is 10.6 Å². The molecule has 0 bridgehead atoms. The number of aryl methyl sites for hydroxylation is 1. The molecule has 0 spiro atoms. The monoisotopic (exact) mass is 276 g/mol. The molecule has 0 aliphatic carbocycles. The van der Waals surface area contributed by atoms with Gasteiger partial charge in [0.15, 0.2) is 0 Å². The smallest absolute Gasteiger partial charge is 0.340 e. The Morgan fingerprint density at radius 1 is 1.40 bits per heavy atom. The van der Waals surface area contributed by atoms with Crippen LogP contribution in [0.1, 0.15) is 42.6 Å². The van der Waals surface area contributed by atoms with Crippen molar-refractivity contribution in [2.24, 2.45) is 5.92 Å². The fraction of sp³-hybridized carbons (Fsp3) is 0.562. The van der Waals surface area contributed by atoms with Crippen molar-refractivity contribution in [1.82, 2.24) is 0 Å². The van der Waals surface area contributed by atoms with E-state index in [9.17, 15) is 4.79 Å². The standard InChI is InChI=1S/C16H24N2O2/c1-10-5-6-18(12(3)7-10)13-8-11(2)15(17)14(9-13)16(19)20-4/h8-10,12H,5-7,17H2,1-4H3. The van der Waals surface area contributed by atoms with Crippen LogP contribution in [0.15, 0.2) is 12.1 Å². The average Bonchev–Trinajstić information content (AvgIpc) is 2.41. The number of esters is 1. The number of nitrogens with two attached hydrogens (primary N) is 1. The van der Waals surface area contributed by atoms with Crippen LogP contribution in [0.2, 0.25) is 0 Å². The molecule has 2 N–H and O–H groups in total. The number of hydrogen-bond acceptors (Lipinski definition) is 4. The van der Waals surface area contributed by atoms with Gasteiger partial charge in [-0.1, -0.05) is 6.92 Å². The fourth-order valence-corrected chi connectivity index (χ4v) is 3.01. The third kappa shape index (κ3) is 2.74. The lowest BCUT2D eigenvalue weighted by Gasteiger charge is -2.38. The van der Waals surface area contributed by atoms with Gasteiger partial charge in [-0.15, -0.1) is 0 Å². The van der Waals surface area contributed by atoms with Crippen LogP contribution in [-0.2, 0) is 4.74 Å². The zero-order chi connectivity index (χ0) is 14.9. The summed E-state index contributed by atoms with van der Waals surface area (Å²) in [7, 11) is 1.38. The summed E-state index contributed by atoms with van der Waals surface area (Å²) in [5.41, 5.74) is 8.96. The molecule has 20 heavy (non-hydrogen) atoms. The van der Waals surface area contributed by atoms with Gasteiger partial charge in [-0.25, -0.2) is 4.79 Å². The molecular weight excluding hydrogens is 252 g/mol. The number of piperidine rings is 1. The highest BCUT2D eigenvalue weighted by Gasteiger charge is 2.24. The number of ether oxygens (including phenoxy) is 1. The minimum Gasteiger partial charge on any atom is -0.465 e. The predicted octanol–water partition coefficient (Wildman–Crippen LogP) is 2.99. The summed E-state index contributed by atoms with van der Waals surface area (Å²) in [4.78, 5) is 14.2. The third-order valence-electron chi connectivity index (χ3n) is 4.25. The Morgan fingerprint density at radius 2 is 2.10 bits per heavy atom. The van der Waals surface area contributed by atoms with E-state index in [2.05, 4.69) is 24.8 Å². The van der Waals surface area contributed by atoms with Gasteiger partial charge in [0.05, 0.1) is 12.7 Å². The van der Waals surface area contributed by atoms with E-state index in [-0.39, 0.29) is 5.97 Å². The first-order valence-electron chi connectivity index (χ1n) is 7.19. The molecule has 0 aromatic heterocycles. The van der Waals surface area contributed by atoms with E-state index in [1.165, 1.54) is 20.0 Å². The van der Waals surface area contributed by atoms with E-state index in [0.29, 0.717) is 17.3 Å². The third-order valence-corrected chi connectivity index (χ3v) is 4.25. The number of nitrogen functional groups attached to an aromatic ring is 1. The maximum atomic E-state index is 11.8. The Bertz CT molecular complexity index is 513. The average molecular weight is 276 g/mol. The van der Waals surface area contributed by atoms with Crippen LogP contribution in [0.5, 0.6) is 0 Å². The Labute approximate surface area is 120 Å². The van der Waals surface area contributed by atoms with Gasteiger partial charge in [-0.05, 0) is 50.3 Å². The van der Waals surface area contributed by atoms with E-state index in [4.69, 9.17) is 10.5 Å². The second-order valence-corrected chi connectivity index (χ2v) is 5.89. The molecule has 4 nitrogen and oxygen atoms in total. The van der Waals surface area contributed by atoms with Gasteiger partial charge in [0.1, 0.15) is 0 Å². The molecule has 1 saturated heterocycles. The lowest BCUT2D eigenvalue weighted by Crippen LogP contribution is -2.40.